The molecule has 1 aromatic carbocycles. The Morgan fingerprint density at radius 1 is 1.26 bits per heavy atom. The molecule has 0 bridgehead atoms. The summed E-state index contributed by atoms with van der Waals surface area (Å²) in [6.07, 6.45) is 6.44. The molecule has 1 aliphatic carbocycles. The molecule has 1 aromatic rings. The molecule has 0 heterocycles. The van der Waals surface area contributed by atoms with Crippen LogP contribution in [0.1, 0.15) is 32.1 Å². The van der Waals surface area contributed by atoms with Gasteiger partial charge in [-0.05, 0) is 57.0 Å². The van der Waals surface area contributed by atoms with E-state index in [1.807, 2.05) is 13.1 Å². The first-order valence-corrected chi connectivity index (χ1v) is 9.85. The third-order valence-electron chi connectivity index (χ3n) is 4.92. The van der Waals surface area contributed by atoms with Gasteiger partial charge >= 0.3 is 6.09 Å². The van der Waals surface area contributed by atoms with Gasteiger partial charge in [0.2, 0.25) is 0 Å². The third-order valence-corrected chi connectivity index (χ3v) is 5.17. The Morgan fingerprint density at radius 3 is 2.56 bits per heavy atom. The van der Waals surface area contributed by atoms with Gasteiger partial charge < -0.3 is 14.5 Å². The van der Waals surface area contributed by atoms with E-state index in [9.17, 15) is 4.79 Å². The number of benzene rings is 1. The lowest BCUT2D eigenvalue weighted by molar-refractivity contribution is 0.129. The number of ether oxygens (including phenoxy) is 1. The molecule has 1 aliphatic rings. The lowest BCUT2D eigenvalue weighted by Crippen LogP contribution is -2.40. The van der Waals surface area contributed by atoms with Gasteiger partial charge in [-0.2, -0.15) is 0 Å². The van der Waals surface area contributed by atoms with Crippen LogP contribution in [0.5, 0.6) is 5.75 Å². The average molecular weight is 389 g/mol. The van der Waals surface area contributed by atoms with Crippen molar-refractivity contribution in [3.63, 3.8) is 0 Å². The van der Waals surface area contributed by atoms with Crippen LogP contribution in [-0.2, 0) is 0 Å². The zero-order chi connectivity index (χ0) is 19.6. The average Bonchev–Trinajstić information content (AvgIpc) is 2.67. The van der Waals surface area contributed by atoms with Crippen molar-refractivity contribution in [2.45, 2.75) is 38.1 Å². The van der Waals surface area contributed by atoms with Crippen LogP contribution in [0.15, 0.2) is 36.9 Å². The number of hydrogen-bond donors (Lipinski definition) is 0. The summed E-state index contributed by atoms with van der Waals surface area (Å²) >= 11 is 5.85. The van der Waals surface area contributed by atoms with Crippen molar-refractivity contribution in [1.29, 1.82) is 0 Å². The van der Waals surface area contributed by atoms with E-state index in [0.29, 0.717) is 16.7 Å². The maximum Gasteiger partial charge on any atom is 0.415 e. The molecule has 0 N–H and O–H groups in total. The molecule has 0 unspecified atom stereocenters. The first kappa shape index (κ1) is 21.3. The third kappa shape index (κ3) is 7.28. The van der Waals surface area contributed by atoms with E-state index in [-0.39, 0.29) is 12.1 Å². The number of nitrogens with zero attached hydrogens (tertiary/aromatic N) is 2. The van der Waals surface area contributed by atoms with Gasteiger partial charge in [-0.3, -0.25) is 0 Å². The van der Waals surface area contributed by atoms with Crippen LogP contribution in [-0.4, -0.2) is 49.1 Å². The zero-order valence-corrected chi connectivity index (χ0v) is 17.0. The molecule has 0 spiro atoms. The Kier molecular flexibility index (Phi) is 8.71. The summed E-state index contributed by atoms with van der Waals surface area (Å²) in [5.74, 6) is 7.66. The smallest absolute Gasteiger partial charge is 0.410 e. The number of carbonyl (C=O) groups is 1. The van der Waals surface area contributed by atoms with E-state index in [1.54, 1.807) is 29.2 Å². The fourth-order valence-corrected chi connectivity index (χ4v) is 3.33. The number of hydrogen-bond acceptors (Lipinski definition) is 3. The Balaban J connectivity index is 1.73. The van der Waals surface area contributed by atoms with Gasteiger partial charge in [0.25, 0.3) is 0 Å². The van der Waals surface area contributed by atoms with E-state index >= 15 is 0 Å². The Bertz CT molecular complexity index is 670. The highest BCUT2D eigenvalue weighted by molar-refractivity contribution is 6.30. The zero-order valence-electron chi connectivity index (χ0n) is 16.3. The normalized spacial score (nSPS) is 19.1. The first-order valence-electron chi connectivity index (χ1n) is 9.47. The number of amides is 1. The molecule has 0 radical (unpaired) electrons. The van der Waals surface area contributed by atoms with Crippen LogP contribution >= 0.6 is 11.6 Å². The molecule has 1 saturated carbocycles. The molecule has 1 amide bonds. The predicted octanol–water partition coefficient (Wildman–Crippen LogP) is 4.84. The fourth-order valence-electron chi connectivity index (χ4n) is 3.21. The summed E-state index contributed by atoms with van der Waals surface area (Å²) in [6, 6.07) is 7.04. The monoisotopic (exact) mass is 388 g/mol. The summed E-state index contributed by atoms with van der Waals surface area (Å²) < 4.78 is 5.42. The van der Waals surface area contributed by atoms with Crippen LogP contribution in [0.4, 0.5) is 4.79 Å². The van der Waals surface area contributed by atoms with E-state index in [1.165, 1.54) is 0 Å². The van der Waals surface area contributed by atoms with Gasteiger partial charge in [0.05, 0.1) is 0 Å². The molecule has 4 nitrogen and oxygen atoms in total. The van der Waals surface area contributed by atoms with Crippen molar-refractivity contribution >= 4 is 17.7 Å². The minimum absolute atomic E-state index is 0.210. The quantitative estimate of drug-likeness (QED) is 0.516. The summed E-state index contributed by atoms with van der Waals surface area (Å²) in [5.41, 5.74) is 0. The maximum absolute atomic E-state index is 12.3. The molecule has 1 fully saturated rings. The van der Waals surface area contributed by atoms with Gasteiger partial charge in [0, 0.05) is 43.5 Å². The number of rotatable bonds is 6. The molecular weight excluding hydrogens is 360 g/mol. The minimum Gasteiger partial charge on any atom is -0.410 e. The molecule has 0 aromatic heterocycles. The number of carbonyl (C=O) groups excluding carboxylic acids is 1. The highest BCUT2D eigenvalue weighted by Crippen LogP contribution is 2.27. The Labute approximate surface area is 168 Å². The van der Waals surface area contributed by atoms with Gasteiger partial charge in [-0.25, -0.2) is 4.79 Å². The van der Waals surface area contributed by atoms with Gasteiger partial charge in [0.1, 0.15) is 5.75 Å². The van der Waals surface area contributed by atoms with Crippen molar-refractivity contribution in [1.82, 2.24) is 9.80 Å². The van der Waals surface area contributed by atoms with Crippen LogP contribution in [0.3, 0.4) is 0 Å². The minimum atomic E-state index is -0.322. The van der Waals surface area contributed by atoms with Crippen LogP contribution < -0.4 is 4.74 Å². The fraction of sp³-hybridized carbons (Fsp3) is 0.500. The summed E-state index contributed by atoms with van der Waals surface area (Å²) in [5, 5.41) is 0.620. The number of halogens is 1. The molecule has 27 heavy (non-hydrogen) atoms. The highest BCUT2D eigenvalue weighted by atomic mass is 35.5. The largest absolute Gasteiger partial charge is 0.415 e. The summed E-state index contributed by atoms with van der Waals surface area (Å²) in [7, 11) is 3.89. The van der Waals surface area contributed by atoms with Crippen LogP contribution in [0, 0.1) is 17.8 Å². The molecule has 146 valence electrons. The molecule has 2 rings (SSSR count). The highest BCUT2D eigenvalue weighted by Gasteiger charge is 2.26. The van der Waals surface area contributed by atoms with Crippen molar-refractivity contribution in [2.75, 3.05) is 27.2 Å². The second-order valence-electron chi connectivity index (χ2n) is 7.06. The van der Waals surface area contributed by atoms with Gasteiger partial charge in [0.15, 0.2) is 0 Å². The molecule has 0 aliphatic heterocycles. The Morgan fingerprint density at radius 2 is 1.93 bits per heavy atom. The summed E-state index contributed by atoms with van der Waals surface area (Å²) in [6.45, 7) is 5.60. The molecule has 0 atom stereocenters. The predicted molar refractivity (Wildman–Crippen MR) is 111 cm³/mol. The molecule has 5 heteroatoms. The van der Waals surface area contributed by atoms with E-state index in [2.05, 4.69) is 30.4 Å². The number of likely N-dealkylation sites (N-methyl/N-ethyl adjacent to an activating group) is 1. The lowest BCUT2D eigenvalue weighted by Gasteiger charge is -2.32. The van der Waals surface area contributed by atoms with Gasteiger partial charge in [-0.1, -0.05) is 23.6 Å². The molecular formula is C22H29ClN2O2. The SMILES string of the molecule is C=CCN(C)CCC#C[C@H]1CC[C@H](N(C)C(=O)Oc2ccc(Cl)cc2)CC1. The second kappa shape index (κ2) is 11.0. The van der Waals surface area contributed by atoms with Crippen molar-refractivity contribution in [3.05, 3.63) is 41.9 Å². The van der Waals surface area contributed by atoms with E-state index < -0.39 is 0 Å². The van der Waals surface area contributed by atoms with Gasteiger partial charge in [-0.15, -0.1) is 12.5 Å². The second-order valence-corrected chi connectivity index (χ2v) is 7.50. The standard InChI is InChI=1S/C22H29ClN2O2/c1-4-16-24(2)17-6-5-7-18-8-12-20(13-9-18)25(3)22(26)27-21-14-10-19(23)11-15-21/h4,10-11,14-15,18,20H,1,6,8-9,12-13,16-17H2,2-3H3/t18-,20-. The van der Waals surface area contributed by atoms with Crippen LogP contribution in [0.2, 0.25) is 5.02 Å². The van der Waals surface area contributed by atoms with E-state index in [4.69, 9.17) is 16.3 Å². The molecule has 0 saturated heterocycles. The van der Waals surface area contributed by atoms with Crippen LogP contribution in [0.25, 0.3) is 0 Å². The van der Waals surface area contributed by atoms with Crippen molar-refractivity contribution in [2.24, 2.45) is 5.92 Å². The van der Waals surface area contributed by atoms with Crippen molar-refractivity contribution in [3.8, 4) is 17.6 Å². The van der Waals surface area contributed by atoms with E-state index in [0.717, 1.165) is 45.2 Å². The summed E-state index contributed by atoms with van der Waals surface area (Å²) in [4.78, 5) is 16.3. The Hall–Kier alpha value is -1.96. The first-order chi connectivity index (χ1) is 13.0. The lowest BCUT2D eigenvalue weighted by atomic mass is 9.86. The van der Waals surface area contributed by atoms with Crippen molar-refractivity contribution < 1.29 is 9.53 Å². The topological polar surface area (TPSA) is 32.8 Å². The maximum atomic E-state index is 12.3.